The van der Waals surface area contributed by atoms with E-state index >= 15 is 0 Å². The van der Waals surface area contributed by atoms with E-state index < -0.39 is 6.36 Å². The van der Waals surface area contributed by atoms with E-state index in [2.05, 4.69) is 4.74 Å². The smallest absolute Gasteiger partial charge is 0.406 e. The minimum atomic E-state index is -4.64. The SMILES string of the molecule is COCCc1cccc(OC(F)(F)F)c1. The average Bonchev–Trinajstić information content (AvgIpc) is 2.12. The van der Waals surface area contributed by atoms with Crippen LogP contribution in [0.3, 0.4) is 0 Å². The molecule has 1 aromatic rings. The fraction of sp³-hybridized carbons (Fsp3) is 0.400. The van der Waals surface area contributed by atoms with Gasteiger partial charge in [-0.25, -0.2) is 0 Å². The van der Waals surface area contributed by atoms with Crippen LogP contribution in [0.15, 0.2) is 24.3 Å². The van der Waals surface area contributed by atoms with Crippen molar-refractivity contribution in [3.63, 3.8) is 0 Å². The lowest BCUT2D eigenvalue weighted by Gasteiger charge is -2.09. The van der Waals surface area contributed by atoms with Gasteiger partial charge in [-0.05, 0) is 24.1 Å². The van der Waals surface area contributed by atoms with Gasteiger partial charge in [-0.3, -0.25) is 0 Å². The van der Waals surface area contributed by atoms with Crippen molar-refractivity contribution in [1.82, 2.24) is 0 Å². The van der Waals surface area contributed by atoms with E-state index in [1.54, 1.807) is 6.07 Å². The summed E-state index contributed by atoms with van der Waals surface area (Å²) in [7, 11) is 1.54. The topological polar surface area (TPSA) is 18.5 Å². The van der Waals surface area contributed by atoms with E-state index in [9.17, 15) is 13.2 Å². The van der Waals surface area contributed by atoms with Crippen LogP contribution in [0.2, 0.25) is 0 Å². The molecule has 0 saturated heterocycles. The Morgan fingerprint density at radius 2 is 2.00 bits per heavy atom. The van der Waals surface area contributed by atoms with Crippen LogP contribution in [0, 0.1) is 0 Å². The number of hydrogen-bond donors (Lipinski definition) is 0. The number of ether oxygens (including phenoxy) is 2. The molecule has 84 valence electrons. The van der Waals surface area contributed by atoms with Crippen LogP contribution in [-0.2, 0) is 11.2 Å². The second-order valence-electron chi connectivity index (χ2n) is 2.94. The first-order valence-corrected chi connectivity index (χ1v) is 4.35. The van der Waals surface area contributed by atoms with Crippen LogP contribution in [0.5, 0.6) is 5.75 Å². The molecule has 0 N–H and O–H groups in total. The summed E-state index contributed by atoms with van der Waals surface area (Å²) in [5, 5.41) is 0. The van der Waals surface area contributed by atoms with Crippen molar-refractivity contribution in [3.05, 3.63) is 29.8 Å². The van der Waals surface area contributed by atoms with Gasteiger partial charge in [0.25, 0.3) is 0 Å². The molecule has 0 aliphatic carbocycles. The lowest BCUT2D eigenvalue weighted by atomic mass is 10.1. The first kappa shape index (κ1) is 11.8. The Kier molecular flexibility index (Phi) is 3.96. The zero-order valence-corrected chi connectivity index (χ0v) is 8.17. The zero-order chi connectivity index (χ0) is 11.3. The zero-order valence-electron chi connectivity index (χ0n) is 8.17. The van der Waals surface area contributed by atoms with Gasteiger partial charge in [0.05, 0.1) is 6.61 Å². The molecule has 0 aliphatic heterocycles. The summed E-state index contributed by atoms with van der Waals surface area (Å²) in [6.07, 6.45) is -4.08. The van der Waals surface area contributed by atoms with Gasteiger partial charge in [-0.1, -0.05) is 12.1 Å². The summed E-state index contributed by atoms with van der Waals surface area (Å²) in [5.41, 5.74) is 0.749. The van der Waals surface area contributed by atoms with Gasteiger partial charge in [0.2, 0.25) is 0 Å². The fourth-order valence-corrected chi connectivity index (χ4v) is 1.12. The Bertz CT molecular complexity index is 310. The minimum absolute atomic E-state index is 0.198. The molecular weight excluding hydrogens is 209 g/mol. The molecule has 0 atom stereocenters. The molecule has 2 nitrogen and oxygen atoms in total. The van der Waals surface area contributed by atoms with Gasteiger partial charge in [0.1, 0.15) is 5.75 Å². The molecule has 0 heterocycles. The average molecular weight is 220 g/mol. The second kappa shape index (κ2) is 5.02. The largest absolute Gasteiger partial charge is 0.573 e. The van der Waals surface area contributed by atoms with Gasteiger partial charge in [-0.2, -0.15) is 0 Å². The number of methoxy groups -OCH3 is 1. The molecule has 0 saturated carbocycles. The molecule has 0 bridgehead atoms. The molecule has 0 radical (unpaired) electrons. The Morgan fingerprint density at radius 1 is 1.27 bits per heavy atom. The highest BCUT2D eigenvalue weighted by molar-refractivity contribution is 5.28. The van der Waals surface area contributed by atoms with Crippen molar-refractivity contribution in [2.45, 2.75) is 12.8 Å². The minimum Gasteiger partial charge on any atom is -0.406 e. The molecule has 15 heavy (non-hydrogen) atoms. The highest BCUT2D eigenvalue weighted by Crippen LogP contribution is 2.23. The van der Waals surface area contributed by atoms with Crippen LogP contribution in [0.25, 0.3) is 0 Å². The molecular formula is C10H11F3O2. The van der Waals surface area contributed by atoms with Crippen molar-refractivity contribution in [2.24, 2.45) is 0 Å². The molecule has 0 fully saturated rings. The monoisotopic (exact) mass is 220 g/mol. The molecule has 0 amide bonds. The van der Waals surface area contributed by atoms with E-state index in [1.807, 2.05) is 0 Å². The number of hydrogen-bond acceptors (Lipinski definition) is 2. The van der Waals surface area contributed by atoms with Gasteiger partial charge >= 0.3 is 6.36 Å². The predicted octanol–water partition coefficient (Wildman–Crippen LogP) is 2.77. The van der Waals surface area contributed by atoms with E-state index in [1.165, 1.54) is 25.3 Å². The van der Waals surface area contributed by atoms with Gasteiger partial charge in [0, 0.05) is 7.11 Å². The summed E-state index contributed by atoms with van der Waals surface area (Å²) < 4.78 is 44.2. The third-order valence-corrected chi connectivity index (χ3v) is 1.73. The van der Waals surface area contributed by atoms with Gasteiger partial charge in [0.15, 0.2) is 0 Å². The van der Waals surface area contributed by atoms with Crippen molar-refractivity contribution in [3.8, 4) is 5.75 Å². The van der Waals surface area contributed by atoms with Crippen LogP contribution in [0.1, 0.15) is 5.56 Å². The number of halogens is 3. The highest BCUT2D eigenvalue weighted by Gasteiger charge is 2.30. The van der Waals surface area contributed by atoms with Crippen molar-refractivity contribution >= 4 is 0 Å². The molecule has 0 aliphatic rings. The summed E-state index contributed by atoms with van der Waals surface area (Å²) in [4.78, 5) is 0. The van der Waals surface area contributed by atoms with E-state index in [-0.39, 0.29) is 5.75 Å². The number of alkyl halides is 3. The molecule has 1 rings (SSSR count). The van der Waals surface area contributed by atoms with Crippen LogP contribution < -0.4 is 4.74 Å². The molecule has 1 aromatic carbocycles. The summed E-state index contributed by atoms with van der Waals surface area (Å²) in [6.45, 7) is 0.468. The Morgan fingerprint density at radius 3 is 2.60 bits per heavy atom. The summed E-state index contributed by atoms with van der Waals surface area (Å²) in [6, 6.07) is 5.87. The summed E-state index contributed by atoms with van der Waals surface area (Å²) in [5.74, 6) is -0.198. The van der Waals surface area contributed by atoms with Crippen molar-refractivity contribution in [2.75, 3.05) is 13.7 Å². The molecule has 5 heteroatoms. The van der Waals surface area contributed by atoms with Crippen LogP contribution >= 0.6 is 0 Å². The Labute approximate surface area is 85.6 Å². The Hall–Kier alpha value is -1.23. The number of rotatable bonds is 4. The lowest BCUT2D eigenvalue weighted by Crippen LogP contribution is -2.17. The molecule has 0 aromatic heterocycles. The summed E-state index contributed by atoms with van der Waals surface area (Å²) >= 11 is 0. The third kappa shape index (κ3) is 4.69. The quantitative estimate of drug-likeness (QED) is 0.776. The van der Waals surface area contributed by atoms with E-state index in [0.29, 0.717) is 13.0 Å². The van der Waals surface area contributed by atoms with Crippen molar-refractivity contribution < 1.29 is 22.6 Å². The molecule has 0 unspecified atom stereocenters. The maximum Gasteiger partial charge on any atom is 0.573 e. The van der Waals surface area contributed by atoms with Crippen LogP contribution in [0.4, 0.5) is 13.2 Å². The molecule has 0 spiro atoms. The fourth-order valence-electron chi connectivity index (χ4n) is 1.12. The van der Waals surface area contributed by atoms with Crippen molar-refractivity contribution in [1.29, 1.82) is 0 Å². The first-order chi connectivity index (χ1) is 7.01. The van der Waals surface area contributed by atoms with Gasteiger partial charge in [-0.15, -0.1) is 13.2 Å². The second-order valence-corrected chi connectivity index (χ2v) is 2.94. The standard InChI is InChI=1S/C10H11F3O2/c1-14-6-5-8-3-2-4-9(7-8)15-10(11,12)13/h2-4,7H,5-6H2,1H3. The highest BCUT2D eigenvalue weighted by atomic mass is 19.4. The maximum absolute atomic E-state index is 11.9. The number of benzene rings is 1. The first-order valence-electron chi connectivity index (χ1n) is 4.35. The van der Waals surface area contributed by atoms with Gasteiger partial charge < -0.3 is 9.47 Å². The Balaban J connectivity index is 2.66. The third-order valence-electron chi connectivity index (χ3n) is 1.73. The normalized spacial score (nSPS) is 11.5. The lowest BCUT2D eigenvalue weighted by molar-refractivity contribution is -0.274. The predicted molar refractivity (Wildman–Crippen MR) is 48.7 cm³/mol. The van der Waals surface area contributed by atoms with E-state index in [0.717, 1.165) is 5.56 Å². The maximum atomic E-state index is 11.9. The van der Waals surface area contributed by atoms with Crippen LogP contribution in [-0.4, -0.2) is 20.1 Å². The van der Waals surface area contributed by atoms with E-state index in [4.69, 9.17) is 4.74 Å².